The predicted molar refractivity (Wildman–Crippen MR) is 90.4 cm³/mol. The molecule has 164 valence electrons. The molecule has 0 N–H and O–H groups in total. The molecule has 0 amide bonds. The summed E-state index contributed by atoms with van der Waals surface area (Å²) in [6, 6.07) is 0. The molecule has 3 rings (SSSR count). The lowest BCUT2D eigenvalue weighted by atomic mass is 9.70. The standard InChI is InChI=1S/C20H29F7O/c21-17-10-13(12-4-2-1-3-5-12)6-8-16(17)20(26,27)28-14-7-9-15(18(22)11-14)19(23,24)25/h12-18H,1-11H2. The van der Waals surface area contributed by atoms with Gasteiger partial charge >= 0.3 is 12.3 Å². The van der Waals surface area contributed by atoms with E-state index in [0.717, 1.165) is 25.7 Å². The van der Waals surface area contributed by atoms with Crippen LogP contribution in [-0.4, -0.2) is 30.7 Å². The van der Waals surface area contributed by atoms with E-state index in [1.807, 2.05) is 0 Å². The second kappa shape index (κ2) is 8.68. The van der Waals surface area contributed by atoms with Gasteiger partial charge in [-0.1, -0.05) is 32.1 Å². The maximum Gasteiger partial charge on any atom is 0.394 e. The molecule has 3 aliphatic carbocycles. The van der Waals surface area contributed by atoms with Gasteiger partial charge in [-0.15, -0.1) is 0 Å². The van der Waals surface area contributed by atoms with Crippen molar-refractivity contribution in [1.29, 1.82) is 0 Å². The normalized spacial score (nSPS) is 39.1. The number of hydrogen-bond acceptors (Lipinski definition) is 1. The highest BCUT2D eigenvalue weighted by atomic mass is 19.4. The Kier molecular flexibility index (Phi) is 6.87. The average molecular weight is 418 g/mol. The molecule has 0 heterocycles. The molecule has 0 saturated heterocycles. The van der Waals surface area contributed by atoms with E-state index in [1.165, 1.54) is 6.42 Å². The molecule has 3 fully saturated rings. The number of ether oxygens (including phenoxy) is 1. The monoisotopic (exact) mass is 418 g/mol. The van der Waals surface area contributed by atoms with Crippen molar-refractivity contribution in [3.8, 4) is 0 Å². The maximum atomic E-state index is 14.6. The Morgan fingerprint density at radius 2 is 1.21 bits per heavy atom. The first-order valence-electron chi connectivity index (χ1n) is 10.5. The lowest BCUT2D eigenvalue weighted by molar-refractivity contribution is -0.316. The highest BCUT2D eigenvalue weighted by Gasteiger charge is 2.53. The van der Waals surface area contributed by atoms with E-state index in [2.05, 4.69) is 0 Å². The van der Waals surface area contributed by atoms with Crippen molar-refractivity contribution in [2.24, 2.45) is 23.7 Å². The van der Waals surface area contributed by atoms with Gasteiger partial charge < -0.3 is 4.74 Å². The highest BCUT2D eigenvalue weighted by Crippen LogP contribution is 2.48. The quantitative estimate of drug-likeness (QED) is 0.447. The van der Waals surface area contributed by atoms with Crippen molar-refractivity contribution >= 4 is 0 Å². The first kappa shape index (κ1) is 22.2. The predicted octanol–water partition coefficient (Wildman–Crippen LogP) is 7.00. The van der Waals surface area contributed by atoms with Gasteiger partial charge in [-0.3, -0.25) is 0 Å². The topological polar surface area (TPSA) is 9.23 Å². The fraction of sp³-hybridized carbons (Fsp3) is 1.00. The van der Waals surface area contributed by atoms with Crippen LogP contribution in [0.1, 0.15) is 70.6 Å². The SMILES string of the molecule is FC1CC(OC(F)(F)C2CCC(C3CCCCC3)CC2F)CCC1C(F)(F)F. The second-order valence-corrected chi connectivity index (χ2v) is 8.87. The lowest BCUT2D eigenvalue weighted by Crippen LogP contribution is -2.47. The van der Waals surface area contributed by atoms with E-state index in [1.54, 1.807) is 0 Å². The number of hydrogen-bond donors (Lipinski definition) is 0. The first-order valence-corrected chi connectivity index (χ1v) is 10.5. The third kappa shape index (κ3) is 5.14. The van der Waals surface area contributed by atoms with E-state index in [0.29, 0.717) is 12.3 Å². The Balaban J connectivity index is 1.53. The molecule has 0 aromatic rings. The Bertz CT molecular complexity index is 503. The maximum absolute atomic E-state index is 14.6. The zero-order valence-electron chi connectivity index (χ0n) is 15.9. The van der Waals surface area contributed by atoms with Crippen molar-refractivity contribution in [2.75, 3.05) is 0 Å². The van der Waals surface area contributed by atoms with Gasteiger partial charge in [-0.25, -0.2) is 8.78 Å². The van der Waals surface area contributed by atoms with Gasteiger partial charge in [0, 0.05) is 6.42 Å². The van der Waals surface area contributed by atoms with E-state index in [-0.39, 0.29) is 25.2 Å². The second-order valence-electron chi connectivity index (χ2n) is 8.87. The van der Waals surface area contributed by atoms with Crippen molar-refractivity contribution in [2.45, 2.75) is 101 Å². The van der Waals surface area contributed by atoms with Crippen LogP contribution < -0.4 is 0 Å². The third-order valence-electron chi connectivity index (χ3n) is 7.03. The van der Waals surface area contributed by atoms with Crippen LogP contribution in [0.5, 0.6) is 0 Å². The van der Waals surface area contributed by atoms with E-state index >= 15 is 0 Å². The fourth-order valence-electron chi connectivity index (χ4n) is 5.42. The molecule has 0 aliphatic heterocycles. The Morgan fingerprint density at radius 3 is 1.79 bits per heavy atom. The van der Waals surface area contributed by atoms with Crippen molar-refractivity contribution < 1.29 is 35.5 Å². The van der Waals surface area contributed by atoms with Crippen LogP contribution in [0.2, 0.25) is 0 Å². The molecule has 0 spiro atoms. The summed E-state index contributed by atoms with van der Waals surface area (Å²) in [5.41, 5.74) is 0. The Morgan fingerprint density at radius 1 is 0.607 bits per heavy atom. The third-order valence-corrected chi connectivity index (χ3v) is 7.03. The molecule has 0 bridgehead atoms. The lowest BCUT2D eigenvalue weighted by Gasteiger charge is -2.41. The zero-order valence-corrected chi connectivity index (χ0v) is 15.9. The molecule has 3 aliphatic rings. The van der Waals surface area contributed by atoms with E-state index in [4.69, 9.17) is 4.74 Å². The molecule has 0 aromatic heterocycles. The molecule has 28 heavy (non-hydrogen) atoms. The smallest absolute Gasteiger partial charge is 0.317 e. The Hall–Kier alpha value is -0.530. The van der Waals surface area contributed by atoms with Gasteiger partial charge in [0.15, 0.2) is 0 Å². The van der Waals surface area contributed by atoms with E-state index < -0.39 is 55.4 Å². The van der Waals surface area contributed by atoms with Crippen LogP contribution in [0, 0.1) is 23.7 Å². The molecule has 8 heteroatoms. The van der Waals surface area contributed by atoms with E-state index in [9.17, 15) is 30.7 Å². The minimum absolute atomic E-state index is 0.00766. The van der Waals surface area contributed by atoms with Crippen molar-refractivity contribution in [1.82, 2.24) is 0 Å². The van der Waals surface area contributed by atoms with Crippen molar-refractivity contribution in [3.63, 3.8) is 0 Å². The molecule has 1 nitrogen and oxygen atoms in total. The van der Waals surface area contributed by atoms with Crippen molar-refractivity contribution in [3.05, 3.63) is 0 Å². The van der Waals surface area contributed by atoms with Gasteiger partial charge in [-0.2, -0.15) is 22.0 Å². The molecule has 3 saturated carbocycles. The van der Waals surface area contributed by atoms with Crippen LogP contribution in [0.25, 0.3) is 0 Å². The van der Waals surface area contributed by atoms with Gasteiger partial charge in [0.25, 0.3) is 0 Å². The van der Waals surface area contributed by atoms with Gasteiger partial charge in [-0.05, 0) is 43.9 Å². The van der Waals surface area contributed by atoms with Crippen LogP contribution in [0.4, 0.5) is 30.7 Å². The van der Waals surface area contributed by atoms with Gasteiger partial charge in [0.05, 0.1) is 17.9 Å². The number of alkyl halides is 7. The summed E-state index contributed by atoms with van der Waals surface area (Å²) in [7, 11) is 0. The van der Waals surface area contributed by atoms with Crippen LogP contribution >= 0.6 is 0 Å². The largest absolute Gasteiger partial charge is 0.394 e. The van der Waals surface area contributed by atoms with Crippen LogP contribution in [-0.2, 0) is 4.74 Å². The minimum Gasteiger partial charge on any atom is -0.317 e. The number of halogens is 7. The molecular formula is C20H29F7O. The summed E-state index contributed by atoms with van der Waals surface area (Å²) < 4.78 is 100. The molecule has 0 aromatic carbocycles. The molecular weight excluding hydrogens is 389 g/mol. The number of rotatable bonds is 4. The molecule has 6 atom stereocenters. The van der Waals surface area contributed by atoms with Gasteiger partial charge in [0.2, 0.25) is 0 Å². The summed E-state index contributed by atoms with van der Waals surface area (Å²) in [6.45, 7) is 0. The highest BCUT2D eigenvalue weighted by molar-refractivity contribution is 4.90. The fourth-order valence-corrected chi connectivity index (χ4v) is 5.42. The minimum atomic E-state index is -4.69. The zero-order chi connectivity index (χ0) is 20.5. The summed E-state index contributed by atoms with van der Waals surface area (Å²) in [5.74, 6) is -3.24. The van der Waals surface area contributed by atoms with Gasteiger partial charge in [0.1, 0.15) is 12.3 Å². The van der Waals surface area contributed by atoms with Crippen LogP contribution in [0.3, 0.4) is 0 Å². The molecule has 6 unspecified atom stereocenters. The first-order chi connectivity index (χ1) is 13.1. The summed E-state index contributed by atoms with van der Waals surface area (Å²) in [6.07, 6.45) is -9.35. The average Bonchev–Trinajstić information content (AvgIpc) is 2.60. The van der Waals surface area contributed by atoms with Crippen LogP contribution in [0.15, 0.2) is 0 Å². The Labute approximate surface area is 161 Å². The molecule has 0 radical (unpaired) electrons. The summed E-state index contributed by atoms with van der Waals surface area (Å²) in [4.78, 5) is 0. The summed E-state index contributed by atoms with van der Waals surface area (Å²) in [5, 5.41) is 0. The summed E-state index contributed by atoms with van der Waals surface area (Å²) >= 11 is 0.